The quantitative estimate of drug-likeness (QED) is 0.746. The Balaban J connectivity index is 1.68. The standard InChI is InChI=1S/C17H16FN5/c18-15-10-4-6-13-7-5-11-22(17(13)15)12-16-19-20-21-23(16)14-8-2-1-3-9-14/h1-4,6,8-10H,5,7,11-12H2. The van der Waals surface area contributed by atoms with E-state index in [1.165, 1.54) is 6.07 Å². The Bertz CT molecular complexity index is 815. The van der Waals surface area contributed by atoms with Crippen LogP contribution in [-0.2, 0) is 13.0 Å². The molecule has 0 spiro atoms. The third-order valence-electron chi connectivity index (χ3n) is 4.13. The summed E-state index contributed by atoms with van der Waals surface area (Å²) >= 11 is 0. The van der Waals surface area contributed by atoms with Gasteiger partial charge < -0.3 is 4.90 Å². The van der Waals surface area contributed by atoms with Gasteiger partial charge in [0.05, 0.1) is 17.9 Å². The molecule has 2 heterocycles. The number of para-hydroxylation sites is 2. The number of anilines is 1. The van der Waals surface area contributed by atoms with Crippen molar-refractivity contribution in [2.45, 2.75) is 19.4 Å². The molecule has 23 heavy (non-hydrogen) atoms. The maximum Gasteiger partial charge on any atom is 0.175 e. The van der Waals surface area contributed by atoms with E-state index >= 15 is 0 Å². The molecule has 3 aromatic rings. The van der Waals surface area contributed by atoms with Gasteiger partial charge in [0.1, 0.15) is 5.82 Å². The highest BCUT2D eigenvalue weighted by molar-refractivity contribution is 5.56. The summed E-state index contributed by atoms with van der Waals surface area (Å²) in [7, 11) is 0. The van der Waals surface area contributed by atoms with Gasteiger partial charge in [-0.15, -0.1) is 5.10 Å². The number of halogens is 1. The molecule has 4 rings (SSSR count). The molecule has 2 aromatic carbocycles. The minimum Gasteiger partial charge on any atom is -0.361 e. The highest BCUT2D eigenvalue weighted by Gasteiger charge is 2.22. The van der Waals surface area contributed by atoms with E-state index in [0.29, 0.717) is 18.1 Å². The van der Waals surface area contributed by atoms with Crippen LogP contribution in [0.3, 0.4) is 0 Å². The highest BCUT2D eigenvalue weighted by Crippen LogP contribution is 2.30. The van der Waals surface area contributed by atoms with Gasteiger partial charge in [0.25, 0.3) is 0 Å². The monoisotopic (exact) mass is 309 g/mol. The fourth-order valence-electron chi connectivity index (χ4n) is 3.09. The molecule has 0 aliphatic carbocycles. The number of benzene rings is 2. The number of aromatic nitrogens is 4. The summed E-state index contributed by atoms with van der Waals surface area (Å²) < 4.78 is 16.0. The first kappa shape index (κ1) is 13.9. The molecule has 116 valence electrons. The molecule has 6 heteroatoms. The lowest BCUT2D eigenvalue weighted by atomic mass is 10.0. The van der Waals surface area contributed by atoms with Crippen LogP contribution < -0.4 is 4.90 Å². The molecule has 1 aromatic heterocycles. The Morgan fingerprint density at radius 3 is 2.78 bits per heavy atom. The van der Waals surface area contributed by atoms with Crippen molar-refractivity contribution in [1.29, 1.82) is 0 Å². The van der Waals surface area contributed by atoms with Crippen molar-refractivity contribution in [1.82, 2.24) is 20.2 Å². The third kappa shape index (κ3) is 2.56. The van der Waals surface area contributed by atoms with Gasteiger partial charge in [0.15, 0.2) is 5.82 Å². The van der Waals surface area contributed by atoms with E-state index in [1.54, 1.807) is 10.7 Å². The summed E-state index contributed by atoms with van der Waals surface area (Å²) in [5.74, 6) is 0.522. The third-order valence-corrected chi connectivity index (χ3v) is 4.13. The van der Waals surface area contributed by atoms with Crippen molar-refractivity contribution in [3.05, 3.63) is 65.7 Å². The first-order chi connectivity index (χ1) is 11.3. The van der Waals surface area contributed by atoms with Gasteiger partial charge >= 0.3 is 0 Å². The molecule has 0 unspecified atom stereocenters. The van der Waals surface area contributed by atoms with Crippen molar-refractivity contribution in [3.8, 4) is 5.69 Å². The van der Waals surface area contributed by atoms with Crippen LogP contribution in [0.2, 0.25) is 0 Å². The maximum absolute atomic E-state index is 14.3. The number of nitrogens with zero attached hydrogens (tertiary/aromatic N) is 5. The molecule has 0 saturated carbocycles. The van der Waals surface area contributed by atoms with Crippen molar-refractivity contribution >= 4 is 5.69 Å². The number of tetrazole rings is 1. The average Bonchev–Trinajstić information content (AvgIpc) is 3.04. The molecule has 1 aliphatic heterocycles. The summed E-state index contributed by atoms with van der Waals surface area (Å²) in [4.78, 5) is 2.03. The molecule has 0 fully saturated rings. The lowest BCUT2D eigenvalue weighted by Gasteiger charge is -2.31. The van der Waals surface area contributed by atoms with E-state index in [9.17, 15) is 4.39 Å². The Morgan fingerprint density at radius 2 is 1.91 bits per heavy atom. The Morgan fingerprint density at radius 1 is 1.04 bits per heavy atom. The summed E-state index contributed by atoms with van der Waals surface area (Å²) in [6.45, 7) is 1.28. The zero-order valence-electron chi connectivity index (χ0n) is 12.6. The summed E-state index contributed by atoms with van der Waals surface area (Å²) in [6.07, 6.45) is 1.91. The van der Waals surface area contributed by atoms with Crippen LogP contribution >= 0.6 is 0 Å². The zero-order valence-corrected chi connectivity index (χ0v) is 12.6. The molecule has 0 saturated heterocycles. The van der Waals surface area contributed by atoms with E-state index in [0.717, 1.165) is 30.6 Å². The van der Waals surface area contributed by atoms with Crippen LogP contribution in [0, 0.1) is 5.82 Å². The molecule has 0 N–H and O–H groups in total. The summed E-state index contributed by atoms with van der Waals surface area (Å²) in [5.41, 5.74) is 2.63. The predicted molar refractivity (Wildman–Crippen MR) is 84.9 cm³/mol. The van der Waals surface area contributed by atoms with Gasteiger partial charge in [-0.1, -0.05) is 30.3 Å². The van der Waals surface area contributed by atoms with Gasteiger partial charge in [-0.05, 0) is 47.0 Å². The molecule has 0 radical (unpaired) electrons. The van der Waals surface area contributed by atoms with E-state index in [1.807, 2.05) is 41.3 Å². The number of fused-ring (bicyclic) bond motifs is 1. The SMILES string of the molecule is Fc1cccc2c1N(Cc1nnnn1-c1ccccc1)CCC2. The van der Waals surface area contributed by atoms with Crippen molar-refractivity contribution in [2.75, 3.05) is 11.4 Å². The number of aryl methyl sites for hydroxylation is 1. The Labute approximate surface area is 133 Å². The van der Waals surface area contributed by atoms with E-state index in [2.05, 4.69) is 15.5 Å². The normalized spacial score (nSPS) is 13.9. The second-order valence-electron chi connectivity index (χ2n) is 5.62. The number of hydrogen-bond acceptors (Lipinski definition) is 4. The minimum absolute atomic E-state index is 0.180. The van der Waals surface area contributed by atoms with Gasteiger partial charge in [0, 0.05) is 6.54 Å². The second kappa shape index (κ2) is 5.79. The molecule has 0 atom stereocenters. The van der Waals surface area contributed by atoms with E-state index < -0.39 is 0 Å². The summed E-state index contributed by atoms with van der Waals surface area (Å²) in [5, 5.41) is 12.0. The Kier molecular flexibility index (Phi) is 3.49. The maximum atomic E-state index is 14.3. The first-order valence-corrected chi connectivity index (χ1v) is 7.68. The lowest BCUT2D eigenvalue weighted by molar-refractivity contribution is 0.588. The molecule has 0 bridgehead atoms. The van der Waals surface area contributed by atoms with Crippen LogP contribution in [0.15, 0.2) is 48.5 Å². The minimum atomic E-state index is -0.180. The zero-order chi connectivity index (χ0) is 15.6. The van der Waals surface area contributed by atoms with E-state index in [-0.39, 0.29) is 5.82 Å². The van der Waals surface area contributed by atoms with Crippen molar-refractivity contribution in [2.24, 2.45) is 0 Å². The van der Waals surface area contributed by atoms with Crippen LogP contribution in [0.4, 0.5) is 10.1 Å². The molecular weight excluding hydrogens is 293 g/mol. The molecule has 5 nitrogen and oxygen atoms in total. The van der Waals surface area contributed by atoms with Crippen LogP contribution in [0.1, 0.15) is 17.8 Å². The van der Waals surface area contributed by atoms with Gasteiger partial charge in [-0.3, -0.25) is 0 Å². The first-order valence-electron chi connectivity index (χ1n) is 7.68. The van der Waals surface area contributed by atoms with Crippen molar-refractivity contribution in [3.63, 3.8) is 0 Å². The summed E-state index contributed by atoms with van der Waals surface area (Å²) in [6, 6.07) is 15.0. The smallest absolute Gasteiger partial charge is 0.175 e. The lowest BCUT2D eigenvalue weighted by Crippen LogP contribution is -2.31. The van der Waals surface area contributed by atoms with Gasteiger partial charge in [-0.2, -0.15) is 4.68 Å². The van der Waals surface area contributed by atoms with Crippen LogP contribution in [0.5, 0.6) is 0 Å². The van der Waals surface area contributed by atoms with Gasteiger partial charge in [0.2, 0.25) is 0 Å². The molecule has 0 amide bonds. The van der Waals surface area contributed by atoms with Gasteiger partial charge in [-0.25, -0.2) is 4.39 Å². The van der Waals surface area contributed by atoms with E-state index in [4.69, 9.17) is 0 Å². The second-order valence-corrected chi connectivity index (χ2v) is 5.62. The number of rotatable bonds is 3. The molecular formula is C17H16FN5. The number of hydrogen-bond donors (Lipinski definition) is 0. The topological polar surface area (TPSA) is 46.8 Å². The van der Waals surface area contributed by atoms with Crippen molar-refractivity contribution < 1.29 is 4.39 Å². The van der Waals surface area contributed by atoms with Crippen LogP contribution in [0.25, 0.3) is 5.69 Å². The highest BCUT2D eigenvalue weighted by atomic mass is 19.1. The molecule has 1 aliphatic rings. The average molecular weight is 309 g/mol. The Hall–Kier alpha value is -2.76. The largest absolute Gasteiger partial charge is 0.361 e. The fraction of sp³-hybridized carbons (Fsp3) is 0.235. The predicted octanol–water partition coefficient (Wildman–Crippen LogP) is 2.75. The fourth-order valence-corrected chi connectivity index (χ4v) is 3.09. The van der Waals surface area contributed by atoms with Crippen LogP contribution in [-0.4, -0.2) is 26.8 Å².